The van der Waals surface area contributed by atoms with E-state index in [9.17, 15) is 19.5 Å². The van der Waals surface area contributed by atoms with E-state index in [2.05, 4.69) is 11.5 Å². The maximum Gasteiger partial charge on any atom is 0.316 e. The molecule has 216 valence electrons. The second-order valence-electron chi connectivity index (χ2n) is 11.7. The van der Waals surface area contributed by atoms with E-state index in [4.69, 9.17) is 14.2 Å². The third-order valence-electron chi connectivity index (χ3n) is 8.26. The average Bonchev–Trinajstić information content (AvgIpc) is 2.87. The molecule has 0 amide bonds. The first kappa shape index (κ1) is 32.3. The van der Waals surface area contributed by atoms with Gasteiger partial charge in [0, 0.05) is 24.3 Å². The van der Waals surface area contributed by atoms with Gasteiger partial charge in [-0.2, -0.15) is 0 Å². The highest BCUT2D eigenvalue weighted by Gasteiger charge is 2.42. The number of rotatable bonds is 5. The van der Waals surface area contributed by atoms with Gasteiger partial charge in [0.2, 0.25) is 0 Å². The topological polar surface area (TPSA) is 102 Å². The molecule has 0 aromatic heterocycles. The van der Waals surface area contributed by atoms with E-state index in [0.717, 1.165) is 6.42 Å². The van der Waals surface area contributed by atoms with Crippen LogP contribution in [0.15, 0.2) is 24.3 Å². The molecule has 2 heterocycles. The van der Waals surface area contributed by atoms with E-state index in [0.29, 0.717) is 18.4 Å². The number of hydrogen-bond donors (Lipinski definition) is 1. The number of esters is 1. The van der Waals surface area contributed by atoms with Crippen LogP contribution in [0.5, 0.6) is 0 Å². The summed E-state index contributed by atoms with van der Waals surface area (Å²) in [6.45, 7) is 16.2. The third-order valence-corrected chi connectivity index (χ3v) is 8.26. The van der Waals surface area contributed by atoms with E-state index in [-0.39, 0.29) is 42.0 Å². The zero-order chi connectivity index (χ0) is 28.9. The van der Waals surface area contributed by atoms with Gasteiger partial charge in [0.05, 0.1) is 12.2 Å². The number of aliphatic hydroxyl groups is 1. The molecule has 2 rings (SSSR count). The zero-order valence-corrected chi connectivity index (χ0v) is 24.7. The Morgan fingerprint density at radius 1 is 1.13 bits per heavy atom. The highest BCUT2D eigenvalue weighted by molar-refractivity contribution is 6.00. The minimum atomic E-state index is -1.74. The first-order valence-corrected chi connectivity index (χ1v) is 14.0. The maximum absolute atomic E-state index is 13.6. The Bertz CT molecular complexity index is 899. The molecule has 0 bridgehead atoms. The molecule has 0 radical (unpaired) electrons. The van der Waals surface area contributed by atoms with Crippen LogP contribution in [0.1, 0.15) is 74.1 Å². The Morgan fingerprint density at radius 2 is 1.76 bits per heavy atom. The van der Waals surface area contributed by atoms with Gasteiger partial charge < -0.3 is 24.2 Å². The van der Waals surface area contributed by atoms with E-state index in [1.54, 1.807) is 20.8 Å². The predicted octanol–water partition coefficient (Wildman–Crippen LogP) is 4.10. The molecule has 8 nitrogen and oxygen atoms in total. The average molecular weight is 536 g/mol. The largest absolute Gasteiger partial charge is 0.458 e. The standard InChI is InChI=1S/C30H49NO7/c1-11-24-30(35,12-2)16-19(5)26(32)17(3)13-18(4)28(21(7)27(33)22(8)29(34)37-24)38-25-15-23(31(9)10)14-20(6)36-25/h12,16-18,20-25,28,35H,2,11,13-15H2,1,3-10H3/b19-16+/t17-,18?,20?,21?,22?,23?,24?,25?,28+,30+/m1/s1. The summed E-state index contributed by atoms with van der Waals surface area (Å²) in [5, 5.41) is 11.3. The number of ketones is 2. The highest BCUT2D eigenvalue weighted by atomic mass is 16.7. The lowest BCUT2D eigenvalue weighted by Gasteiger charge is -2.41. The van der Waals surface area contributed by atoms with Crippen molar-refractivity contribution >= 4 is 17.5 Å². The van der Waals surface area contributed by atoms with Gasteiger partial charge in [0.1, 0.15) is 17.6 Å². The van der Waals surface area contributed by atoms with E-state index in [1.807, 2.05) is 34.9 Å². The Kier molecular flexibility index (Phi) is 11.5. The number of nitrogens with zero attached hydrogens (tertiary/aromatic N) is 1. The lowest BCUT2D eigenvalue weighted by atomic mass is 9.79. The minimum absolute atomic E-state index is 0.00209. The number of cyclic esters (lactones) is 1. The summed E-state index contributed by atoms with van der Waals surface area (Å²) >= 11 is 0. The van der Waals surface area contributed by atoms with Crippen molar-refractivity contribution < 1.29 is 33.7 Å². The van der Waals surface area contributed by atoms with Crippen molar-refractivity contribution in [3.05, 3.63) is 24.3 Å². The third kappa shape index (κ3) is 7.62. The molecule has 1 fully saturated rings. The molecule has 8 heteroatoms. The second kappa shape index (κ2) is 13.5. The molecule has 2 aliphatic heterocycles. The highest BCUT2D eigenvalue weighted by Crippen LogP contribution is 2.33. The Hall–Kier alpha value is -1.87. The van der Waals surface area contributed by atoms with Crippen LogP contribution in [-0.4, -0.2) is 77.9 Å². The minimum Gasteiger partial charge on any atom is -0.458 e. The molecule has 10 atom stereocenters. The van der Waals surface area contributed by atoms with Gasteiger partial charge in [-0.1, -0.05) is 40.3 Å². The summed E-state index contributed by atoms with van der Waals surface area (Å²) < 4.78 is 18.3. The fraction of sp³-hybridized carbons (Fsp3) is 0.767. The maximum atomic E-state index is 13.6. The van der Waals surface area contributed by atoms with Crippen molar-refractivity contribution in [2.45, 2.75) is 110 Å². The van der Waals surface area contributed by atoms with Crippen LogP contribution in [0, 0.1) is 23.7 Å². The van der Waals surface area contributed by atoms with Gasteiger partial charge >= 0.3 is 5.97 Å². The monoisotopic (exact) mass is 535 g/mol. The fourth-order valence-electron chi connectivity index (χ4n) is 5.81. The molecule has 0 aromatic carbocycles. The Labute approximate surface area is 228 Å². The molecule has 2 aliphatic rings. The van der Waals surface area contributed by atoms with E-state index >= 15 is 0 Å². The zero-order valence-electron chi connectivity index (χ0n) is 24.7. The van der Waals surface area contributed by atoms with Crippen molar-refractivity contribution in [3.8, 4) is 0 Å². The van der Waals surface area contributed by atoms with Crippen LogP contribution >= 0.6 is 0 Å². The predicted molar refractivity (Wildman–Crippen MR) is 146 cm³/mol. The van der Waals surface area contributed by atoms with Gasteiger partial charge in [-0.05, 0) is 71.7 Å². The SMILES string of the molecule is C=C[C@]1(O)/C=C(\C)C(=O)[C@H](C)CC(C)[C@H](OC2CC(N(C)C)CC(C)O2)C(C)C(=O)C(C)C(=O)OC1CC. The lowest BCUT2D eigenvalue weighted by molar-refractivity contribution is -0.236. The number of Topliss-reactive ketones (excluding diaryl/α,β-unsaturated/α-hetero) is 2. The van der Waals surface area contributed by atoms with Crippen molar-refractivity contribution in [2.24, 2.45) is 23.7 Å². The van der Waals surface area contributed by atoms with Crippen LogP contribution < -0.4 is 0 Å². The number of hydrogen-bond acceptors (Lipinski definition) is 8. The molecular weight excluding hydrogens is 486 g/mol. The van der Waals surface area contributed by atoms with Crippen LogP contribution in [0.25, 0.3) is 0 Å². The number of allylic oxidation sites excluding steroid dienone is 1. The van der Waals surface area contributed by atoms with Crippen molar-refractivity contribution in [3.63, 3.8) is 0 Å². The van der Waals surface area contributed by atoms with E-state index < -0.39 is 41.9 Å². The van der Waals surface area contributed by atoms with Gasteiger partial charge in [0.25, 0.3) is 0 Å². The number of carbonyl (C=O) groups excluding carboxylic acids is 3. The smallest absolute Gasteiger partial charge is 0.316 e. The Balaban J connectivity index is 2.47. The molecule has 0 aromatic rings. The van der Waals surface area contributed by atoms with Crippen LogP contribution in [0.3, 0.4) is 0 Å². The first-order valence-electron chi connectivity index (χ1n) is 14.0. The molecule has 38 heavy (non-hydrogen) atoms. The summed E-state index contributed by atoms with van der Waals surface area (Å²) in [5.41, 5.74) is -1.37. The van der Waals surface area contributed by atoms with Crippen LogP contribution in [-0.2, 0) is 28.6 Å². The molecule has 7 unspecified atom stereocenters. The molecule has 0 spiro atoms. The van der Waals surface area contributed by atoms with Gasteiger partial charge in [-0.3, -0.25) is 14.4 Å². The van der Waals surface area contributed by atoms with Crippen LogP contribution in [0.4, 0.5) is 0 Å². The van der Waals surface area contributed by atoms with E-state index in [1.165, 1.54) is 19.1 Å². The normalized spacial score (nSPS) is 41.7. The molecule has 0 aliphatic carbocycles. The summed E-state index contributed by atoms with van der Waals surface area (Å²) in [5.74, 6) is -3.43. The van der Waals surface area contributed by atoms with Crippen LogP contribution in [0.2, 0.25) is 0 Å². The lowest BCUT2D eigenvalue weighted by Crippen LogP contribution is -2.48. The van der Waals surface area contributed by atoms with Crippen molar-refractivity contribution in [2.75, 3.05) is 14.1 Å². The number of carbonyl (C=O) groups is 3. The fourth-order valence-corrected chi connectivity index (χ4v) is 5.81. The second-order valence-corrected chi connectivity index (χ2v) is 11.7. The van der Waals surface area contributed by atoms with Gasteiger partial charge in [-0.25, -0.2) is 0 Å². The Morgan fingerprint density at radius 3 is 2.32 bits per heavy atom. The summed E-state index contributed by atoms with van der Waals surface area (Å²) in [7, 11) is 4.06. The van der Waals surface area contributed by atoms with Gasteiger partial charge in [0.15, 0.2) is 17.9 Å². The molecule has 1 saturated heterocycles. The van der Waals surface area contributed by atoms with Gasteiger partial charge in [-0.15, -0.1) is 0 Å². The molecular formula is C30H49NO7. The van der Waals surface area contributed by atoms with Crippen molar-refractivity contribution in [1.29, 1.82) is 0 Å². The summed E-state index contributed by atoms with van der Waals surface area (Å²) in [6.07, 6.45) is 2.90. The summed E-state index contributed by atoms with van der Waals surface area (Å²) in [4.78, 5) is 42.2. The summed E-state index contributed by atoms with van der Waals surface area (Å²) in [6, 6.07) is 0.278. The first-order chi connectivity index (χ1) is 17.6. The number of ether oxygens (including phenoxy) is 3. The van der Waals surface area contributed by atoms with Crippen molar-refractivity contribution in [1.82, 2.24) is 4.90 Å². The molecule has 1 N–H and O–H groups in total. The molecule has 0 saturated carbocycles. The quantitative estimate of drug-likeness (QED) is 0.319.